The van der Waals surface area contributed by atoms with Gasteiger partial charge in [0.1, 0.15) is 23.1 Å². The number of rotatable bonds is 6. The summed E-state index contributed by atoms with van der Waals surface area (Å²) < 4.78 is 10.7. The second-order valence-corrected chi connectivity index (χ2v) is 7.26. The fourth-order valence-corrected chi connectivity index (χ4v) is 3.95. The van der Waals surface area contributed by atoms with Gasteiger partial charge in [0.15, 0.2) is 5.82 Å². The lowest BCUT2D eigenvalue weighted by Gasteiger charge is -2.39. The molecule has 29 heavy (non-hydrogen) atoms. The lowest BCUT2D eigenvalue weighted by atomic mass is 9.84. The summed E-state index contributed by atoms with van der Waals surface area (Å²) in [5.74, 6) is 1.91. The molecule has 0 spiro atoms. The second-order valence-electron chi connectivity index (χ2n) is 7.26. The Kier molecular flexibility index (Phi) is 6.23. The molecule has 0 unspecified atom stereocenters. The molecule has 0 atom stereocenters. The Labute approximate surface area is 171 Å². The van der Waals surface area contributed by atoms with Gasteiger partial charge >= 0.3 is 0 Å². The van der Waals surface area contributed by atoms with Gasteiger partial charge in [-0.25, -0.2) is 0 Å². The van der Waals surface area contributed by atoms with Crippen molar-refractivity contribution in [1.82, 2.24) is 10.2 Å². The molecule has 0 bridgehead atoms. The molecule has 1 aliphatic heterocycles. The molecule has 3 rings (SSSR count). The molecule has 2 aromatic rings. The third-order valence-corrected chi connectivity index (χ3v) is 5.72. The molecule has 1 N–H and O–H groups in total. The highest BCUT2D eigenvalue weighted by atomic mass is 16.5. The van der Waals surface area contributed by atoms with Crippen LogP contribution in [-0.2, 0) is 18.4 Å². The average molecular weight is 396 g/mol. The zero-order valence-electron chi connectivity index (χ0n) is 17.5. The number of methoxy groups -OCH3 is 2. The normalized spacial score (nSPS) is 15.7. The van der Waals surface area contributed by atoms with E-state index in [0.717, 1.165) is 29.7 Å². The van der Waals surface area contributed by atoms with E-state index < -0.39 is 5.60 Å². The number of aromatic nitrogens is 2. The Hall–Kier alpha value is -2.85. The van der Waals surface area contributed by atoms with Crippen molar-refractivity contribution < 1.29 is 14.6 Å². The number of piperidine rings is 1. The zero-order chi connectivity index (χ0) is 21.0. The van der Waals surface area contributed by atoms with Crippen LogP contribution in [-0.4, -0.2) is 42.6 Å². The molecule has 2 heterocycles. The molecule has 1 fully saturated rings. The molecular weight excluding hydrogens is 368 g/mol. The van der Waals surface area contributed by atoms with E-state index in [2.05, 4.69) is 21.2 Å². The van der Waals surface area contributed by atoms with E-state index in [0.29, 0.717) is 48.8 Å². The summed E-state index contributed by atoms with van der Waals surface area (Å²) in [6, 6.07) is 7.82. The highest BCUT2D eigenvalue weighted by molar-refractivity contribution is 5.58. The van der Waals surface area contributed by atoms with Crippen molar-refractivity contribution in [3.8, 4) is 17.6 Å². The first-order chi connectivity index (χ1) is 14.0. The molecule has 154 valence electrons. The third kappa shape index (κ3) is 3.99. The molecule has 1 aromatic carbocycles. The van der Waals surface area contributed by atoms with Gasteiger partial charge in [-0.1, -0.05) is 13.8 Å². The van der Waals surface area contributed by atoms with Crippen molar-refractivity contribution in [2.45, 2.75) is 45.1 Å². The SMILES string of the molecule is CCc1nnc(N2CCC(O)(c3cc(OC)cc(OC)c3)CC2)c(C#N)c1CC. The van der Waals surface area contributed by atoms with Gasteiger partial charge < -0.3 is 19.5 Å². The van der Waals surface area contributed by atoms with Gasteiger partial charge in [0.05, 0.1) is 25.5 Å². The summed E-state index contributed by atoms with van der Waals surface area (Å²) in [5.41, 5.74) is 2.24. The van der Waals surface area contributed by atoms with Crippen LogP contribution in [0.4, 0.5) is 5.82 Å². The van der Waals surface area contributed by atoms with E-state index in [1.54, 1.807) is 20.3 Å². The maximum absolute atomic E-state index is 11.3. The standard InChI is InChI=1S/C22H28N4O3/c1-5-18-19(14-23)21(25-24-20(18)6-2)26-9-7-22(27,8-10-26)15-11-16(28-3)13-17(12-15)29-4/h11-13,27H,5-10H2,1-4H3. The quantitative estimate of drug-likeness (QED) is 0.802. The number of nitriles is 1. The van der Waals surface area contributed by atoms with Crippen LogP contribution in [0.5, 0.6) is 11.5 Å². The number of aliphatic hydroxyl groups is 1. The maximum atomic E-state index is 11.3. The predicted octanol–water partition coefficient (Wildman–Crippen LogP) is 2.98. The van der Waals surface area contributed by atoms with Crippen LogP contribution in [0.15, 0.2) is 18.2 Å². The summed E-state index contributed by atoms with van der Waals surface area (Å²) >= 11 is 0. The lowest BCUT2D eigenvalue weighted by molar-refractivity contribution is 0.0112. The van der Waals surface area contributed by atoms with E-state index in [1.165, 1.54) is 0 Å². The molecular formula is C22H28N4O3. The third-order valence-electron chi connectivity index (χ3n) is 5.72. The van der Waals surface area contributed by atoms with E-state index in [4.69, 9.17) is 9.47 Å². The molecule has 0 saturated carbocycles. The minimum Gasteiger partial charge on any atom is -0.497 e. The summed E-state index contributed by atoms with van der Waals surface area (Å²) in [6.45, 7) is 5.21. The highest BCUT2D eigenvalue weighted by Gasteiger charge is 2.36. The van der Waals surface area contributed by atoms with E-state index >= 15 is 0 Å². The van der Waals surface area contributed by atoms with Crippen LogP contribution >= 0.6 is 0 Å². The lowest BCUT2D eigenvalue weighted by Crippen LogP contribution is -2.43. The molecule has 1 aromatic heterocycles. The minimum atomic E-state index is -0.991. The Bertz CT molecular complexity index is 893. The first-order valence-corrected chi connectivity index (χ1v) is 9.99. The Morgan fingerprint density at radius 1 is 1.07 bits per heavy atom. The van der Waals surface area contributed by atoms with Crippen LogP contribution in [0.1, 0.15) is 49.1 Å². The number of hydrogen-bond donors (Lipinski definition) is 1. The van der Waals surface area contributed by atoms with Gasteiger partial charge in [-0.2, -0.15) is 10.4 Å². The summed E-state index contributed by atoms with van der Waals surface area (Å²) in [4.78, 5) is 2.05. The molecule has 0 amide bonds. The topological polar surface area (TPSA) is 91.5 Å². The largest absolute Gasteiger partial charge is 0.497 e. The molecule has 1 saturated heterocycles. The van der Waals surface area contributed by atoms with Crippen molar-refractivity contribution in [2.75, 3.05) is 32.2 Å². The van der Waals surface area contributed by atoms with Gasteiger partial charge in [0.25, 0.3) is 0 Å². The zero-order valence-corrected chi connectivity index (χ0v) is 17.5. The monoisotopic (exact) mass is 396 g/mol. The average Bonchev–Trinajstić information content (AvgIpc) is 2.77. The summed E-state index contributed by atoms with van der Waals surface area (Å²) in [5, 5.41) is 29.8. The molecule has 7 nitrogen and oxygen atoms in total. The second kappa shape index (κ2) is 8.66. The Balaban J connectivity index is 1.87. The smallest absolute Gasteiger partial charge is 0.169 e. The van der Waals surface area contributed by atoms with Crippen LogP contribution in [0.3, 0.4) is 0 Å². The Morgan fingerprint density at radius 3 is 2.17 bits per heavy atom. The van der Waals surface area contributed by atoms with Crippen LogP contribution in [0, 0.1) is 11.3 Å². The number of hydrogen-bond acceptors (Lipinski definition) is 7. The molecule has 7 heteroatoms. The van der Waals surface area contributed by atoms with Crippen molar-refractivity contribution >= 4 is 5.82 Å². The number of anilines is 1. The molecule has 0 aliphatic carbocycles. The molecule has 1 aliphatic rings. The van der Waals surface area contributed by atoms with Gasteiger partial charge in [0, 0.05) is 19.2 Å². The fraction of sp³-hybridized carbons (Fsp3) is 0.500. The number of nitrogens with zero attached hydrogens (tertiary/aromatic N) is 4. The fourth-order valence-electron chi connectivity index (χ4n) is 3.95. The minimum absolute atomic E-state index is 0.507. The van der Waals surface area contributed by atoms with Gasteiger partial charge in [0.2, 0.25) is 0 Å². The Morgan fingerprint density at radius 2 is 1.69 bits per heavy atom. The predicted molar refractivity (Wildman–Crippen MR) is 110 cm³/mol. The van der Waals surface area contributed by atoms with Crippen molar-refractivity contribution in [3.05, 3.63) is 40.6 Å². The van der Waals surface area contributed by atoms with Gasteiger partial charge in [-0.05, 0) is 48.9 Å². The van der Waals surface area contributed by atoms with E-state index in [1.807, 2.05) is 26.0 Å². The van der Waals surface area contributed by atoms with Crippen molar-refractivity contribution in [3.63, 3.8) is 0 Å². The van der Waals surface area contributed by atoms with Crippen LogP contribution < -0.4 is 14.4 Å². The van der Waals surface area contributed by atoms with Crippen LogP contribution in [0.2, 0.25) is 0 Å². The van der Waals surface area contributed by atoms with Crippen molar-refractivity contribution in [2.24, 2.45) is 0 Å². The number of aryl methyl sites for hydroxylation is 1. The summed E-state index contributed by atoms with van der Waals surface area (Å²) in [7, 11) is 3.19. The first kappa shape index (κ1) is 20.9. The van der Waals surface area contributed by atoms with Crippen LogP contribution in [0.25, 0.3) is 0 Å². The molecule has 0 radical (unpaired) electrons. The van der Waals surface area contributed by atoms with Gasteiger partial charge in [-0.15, -0.1) is 5.10 Å². The van der Waals surface area contributed by atoms with E-state index in [-0.39, 0.29) is 0 Å². The van der Waals surface area contributed by atoms with Gasteiger partial charge in [-0.3, -0.25) is 0 Å². The maximum Gasteiger partial charge on any atom is 0.169 e. The number of ether oxygens (including phenoxy) is 2. The van der Waals surface area contributed by atoms with E-state index in [9.17, 15) is 10.4 Å². The van der Waals surface area contributed by atoms with Crippen molar-refractivity contribution in [1.29, 1.82) is 5.26 Å². The summed E-state index contributed by atoms with van der Waals surface area (Å²) in [6.07, 6.45) is 2.51. The number of benzene rings is 1. The highest BCUT2D eigenvalue weighted by Crippen LogP contribution is 2.38. The first-order valence-electron chi connectivity index (χ1n) is 9.99.